The molecule has 2 aromatic rings. The number of benzene rings is 1. The zero-order valence-corrected chi connectivity index (χ0v) is 20.5. The number of urea groups is 1. The normalized spacial score (nSPS) is 16.3. The molecule has 0 saturated carbocycles. The Morgan fingerprint density at radius 3 is 2.06 bits per heavy atom. The van der Waals surface area contributed by atoms with Gasteiger partial charge in [-0.25, -0.2) is 9.78 Å². The fraction of sp³-hybridized carbons (Fsp3) is 0.542. The number of rotatable bonds is 6. The van der Waals surface area contributed by atoms with Crippen molar-refractivity contribution in [1.82, 2.24) is 14.9 Å². The van der Waals surface area contributed by atoms with Crippen molar-refractivity contribution in [3.05, 3.63) is 23.9 Å². The van der Waals surface area contributed by atoms with Gasteiger partial charge in [0.2, 0.25) is 11.7 Å². The third kappa shape index (κ3) is 5.21. The quantitative estimate of drug-likeness (QED) is 0.688. The maximum Gasteiger partial charge on any atom is 0.321 e. The molecule has 2 saturated heterocycles. The molecule has 2 aliphatic rings. The number of aromatic nitrogens is 2. The van der Waals surface area contributed by atoms with E-state index < -0.39 is 0 Å². The van der Waals surface area contributed by atoms with Crippen LogP contribution in [0.4, 0.5) is 22.2 Å². The number of nitrogens with zero attached hydrogens (tertiary/aromatic N) is 5. The molecule has 3 heterocycles. The maximum absolute atomic E-state index is 12.9. The zero-order valence-electron chi connectivity index (χ0n) is 20.5. The summed E-state index contributed by atoms with van der Waals surface area (Å²) in [6.45, 7) is 6.60. The topological polar surface area (TPSA) is 92.3 Å². The fourth-order valence-electron chi connectivity index (χ4n) is 4.43. The lowest BCUT2D eigenvalue weighted by Crippen LogP contribution is -2.50. The molecule has 1 aromatic carbocycles. The van der Waals surface area contributed by atoms with Gasteiger partial charge in [-0.1, -0.05) is 0 Å². The molecule has 0 bridgehead atoms. The van der Waals surface area contributed by atoms with Crippen LogP contribution < -0.4 is 29.3 Å². The first-order valence-corrected chi connectivity index (χ1v) is 11.7. The Morgan fingerprint density at radius 2 is 1.47 bits per heavy atom. The number of piperidine rings is 1. The van der Waals surface area contributed by atoms with Crippen LogP contribution in [0, 0.1) is 6.92 Å². The molecule has 2 fully saturated rings. The van der Waals surface area contributed by atoms with E-state index >= 15 is 0 Å². The average Bonchev–Trinajstić information content (AvgIpc) is 2.88. The van der Waals surface area contributed by atoms with Gasteiger partial charge >= 0.3 is 6.03 Å². The first-order chi connectivity index (χ1) is 16.5. The fourth-order valence-corrected chi connectivity index (χ4v) is 4.43. The number of carbonyl (C=O) groups is 1. The van der Waals surface area contributed by atoms with Gasteiger partial charge in [0.1, 0.15) is 5.82 Å². The van der Waals surface area contributed by atoms with Gasteiger partial charge in [-0.05, 0) is 26.2 Å². The van der Waals surface area contributed by atoms with Crippen molar-refractivity contribution in [2.75, 3.05) is 75.7 Å². The van der Waals surface area contributed by atoms with Crippen molar-refractivity contribution in [1.29, 1.82) is 0 Å². The van der Waals surface area contributed by atoms with E-state index in [-0.39, 0.29) is 6.03 Å². The Bertz CT molecular complexity index is 978. The van der Waals surface area contributed by atoms with Gasteiger partial charge in [-0.2, -0.15) is 4.98 Å². The van der Waals surface area contributed by atoms with Crippen LogP contribution in [0.3, 0.4) is 0 Å². The van der Waals surface area contributed by atoms with E-state index in [1.807, 2.05) is 6.92 Å². The molecule has 0 aliphatic carbocycles. The van der Waals surface area contributed by atoms with Crippen molar-refractivity contribution in [3.8, 4) is 17.2 Å². The van der Waals surface area contributed by atoms with E-state index in [1.165, 1.54) is 19.3 Å². The zero-order chi connectivity index (χ0) is 24.1. The van der Waals surface area contributed by atoms with Gasteiger partial charge < -0.3 is 34.2 Å². The minimum absolute atomic E-state index is 0.173. The van der Waals surface area contributed by atoms with Crippen molar-refractivity contribution < 1.29 is 19.0 Å². The third-order valence-electron chi connectivity index (χ3n) is 6.27. The lowest BCUT2D eigenvalue weighted by atomic mass is 10.1. The summed E-state index contributed by atoms with van der Waals surface area (Å²) in [6, 6.07) is 5.33. The highest BCUT2D eigenvalue weighted by Gasteiger charge is 2.25. The van der Waals surface area contributed by atoms with Gasteiger partial charge in [-0.15, -0.1) is 0 Å². The smallest absolute Gasteiger partial charge is 0.321 e. The highest BCUT2D eigenvalue weighted by atomic mass is 16.5. The summed E-state index contributed by atoms with van der Waals surface area (Å²) in [5, 5.41) is 2.94. The standard InChI is InChI=1S/C24H34N6O4/c1-17-14-21(28-8-6-5-7-9-28)27-23(25-17)29-10-12-30(13-11-29)24(31)26-18-15-19(32-2)22(34-4)20(16-18)33-3/h14-16H,5-13H2,1-4H3,(H,26,31). The average molecular weight is 471 g/mol. The Morgan fingerprint density at radius 1 is 0.824 bits per heavy atom. The minimum atomic E-state index is -0.173. The molecule has 184 valence electrons. The molecule has 2 aliphatic heterocycles. The molecule has 0 unspecified atom stereocenters. The van der Waals surface area contributed by atoms with Crippen LogP contribution in [-0.2, 0) is 0 Å². The second-order valence-corrected chi connectivity index (χ2v) is 8.53. The van der Waals surface area contributed by atoms with E-state index in [2.05, 4.69) is 26.2 Å². The van der Waals surface area contributed by atoms with Gasteiger partial charge in [0.05, 0.1) is 27.0 Å². The number of aryl methyl sites for hydroxylation is 1. The Balaban J connectivity index is 1.39. The predicted octanol–water partition coefficient (Wildman–Crippen LogP) is 3.16. The van der Waals surface area contributed by atoms with Crippen molar-refractivity contribution in [3.63, 3.8) is 0 Å². The number of carbonyl (C=O) groups excluding carboxylic acids is 1. The van der Waals surface area contributed by atoms with Gasteiger partial charge in [-0.3, -0.25) is 0 Å². The largest absolute Gasteiger partial charge is 0.493 e. The van der Waals surface area contributed by atoms with Crippen molar-refractivity contribution in [2.24, 2.45) is 0 Å². The first kappa shape index (κ1) is 23.7. The number of hydrogen-bond donors (Lipinski definition) is 1. The second-order valence-electron chi connectivity index (χ2n) is 8.53. The van der Waals surface area contributed by atoms with E-state index in [0.717, 1.165) is 30.5 Å². The number of hydrogen-bond acceptors (Lipinski definition) is 8. The highest BCUT2D eigenvalue weighted by molar-refractivity contribution is 5.90. The number of nitrogens with one attached hydrogen (secondary N) is 1. The van der Waals surface area contributed by atoms with Crippen LogP contribution in [-0.4, -0.2) is 81.5 Å². The molecule has 0 radical (unpaired) electrons. The van der Waals surface area contributed by atoms with E-state index in [4.69, 9.17) is 19.2 Å². The SMILES string of the molecule is COc1cc(NC(=O)N2CCN(c3nc(C)cc(N4CCCCC4)n3)CC2)cc(OC)c1OC. The number of anilines is 3. The maximum atomic E-state index is 12.9. The molecule has 0 spiro atoms. The summed E-state index contributed by atoms with van der Waals surface area (Å²) in [7, 11) is 4.64. The van der Waals surface area contributed by atoms with Crippen LogP contribution in [0.1, 0.15) is 25.0 Å². The van der Waals surface area contributed by atoms with Gasteiger partial charge in [0.25, 0.3) is 0 Å². The third-order valence-corrected chi connectivity index (χ3v) is 6.27. The first-order valence-electron chi connectivity index (χ1n) is 11.7. The molecular weight excluding hydrogens is 436 g/mol. The number of methoxy groups -OCH3 is 3. The van der Waals surface area contributed by atoms with Crippen molar-refractivity contribution in [2.45, 2.75) is 26.2 Å². The summed E-state index contributed by atoms with van der Waals surface area (Å²) in [5.74, 6) is 3.21. The number of amides is 2. The molecule has 10 nitrogen and oxygen atoms in total. The van der Waals surface area contributed by atoms with E-state index in [0.29, 0.717) is 49.1 Å². The second kappa shape index (κ2) is 10.7. The molecule has 34 heavy (non-hydrogen) atoms. The summed E-state index contributed by atoms with van der Waals surface area (Å²) in [6.07, 6.45) is 3.70. The molecule has 2 amide bonds. The van der Waals surface area contributed by atoms with Gasteiger partial charge in [0.15, 0.2) is 11.5 Å². The predicted molar refractivity (Wildman–Crippen MR) is 132 cm³/mol. The molecule has 10 heteroatoms. The Kier molecular flexibility index (Phi) is 7.44. The molecule has 4 rings (SSSR count). The molecule has 1 aromatic heterocycles. The lowest BCUT2D eigenvalue weighted by Gasteiger charge is -2.35. The van der Waals surface area contributed by atoms with Crippen LogP contribution in [0.5, 0.6) is 17.2 Å². The summed E-state index contributed by atoms with van der Waals surface area (Å²) >= 11 is 0. The van der Waals surface area contributed by atoms with Crippen LogP contribution in [0.2, 0.25) is 0 Å². The monoisotopic (exact) mass is 470 g/mol. The molecule has 1 N–H and O–H groups in total. The molecule has 0 atom stereocenters. The van der Waals surface area contributed by atoms with Gasteiger partial charge in [0, 0.05) is 63.2 Å². The lowest BCUT2D eigenvalue weighted by molar-refractivity contribution is 0.208. The number of piperazine rings is 1. The van der Waals surface area contributed by atoms with Crippen LogP contribution in [0.15, 0.2) is 18.2 Å². The number of ether oxygens (including phenoxy) is 3. The summed E-state index contributed by atoms with van der Waals surface area (Å²) in [4.78, 5) is 28.8. The van der Waals surface area contributed by atoms with E-state index in [1.54, 1.807) is 38.4 Å². The minimum Gasteiger partial charge on any atom is -0.493 e. The highest BCUT2D eigenvalue weighted by Crippen LogP contribution is 2.40. The van der Waals surface area contributed by atoms with Crippen LogP contribution >= 0.6 is 0 Å². The van der Waals surface area contributed by atoms with Crippen LogP contribution in [0.25, 0.3) is 0 Å². The van der Waals surface area contributed by atoms with Crippen molar-refractivity contribution >= 4 is 23.5 Å². The molecular formula is C24H34N6O4. The van der Waals surface area contributed by atoms with E-state index in [9.17, 15) is 4.79 Å². The Hall–Kier alpha value is -3.43. The Labute approximate surface area is 200 Å². The summed E-state index contributed by atoms with van der Waals surface area (Å²) < 4.78 is 16.1. The summed E-state index contributed by atoms with van der Waals surface area (Å²) in [5.41, 5.74) is 1.54.